The Morgan fingerprint density at radius 3 is 2.20 bits per heavy atom. The van der Waals surface area contributed by atoms with Crippen LogP contribution in [0.5, 0.6) is 0 Å². The van der Waals surface area contributed by atoms with Gasteiger partial charge in [-0.05, 0) is 32.6 Å². The third-order valence-corrected chi connectivity index (χ3v) is 4.28. The zero-order valence-corrected chi connectivity index (χ0v) is 10.5. The van der Waals surface area contributed by atoms with Gasteiger partial charge in [-0.2, -0.15) is 0 Å². The van der Waals surface area contributed by atoms with Crippen molar-refractivity contribution >= 4 is 11.3 Å². The topological polar surface area (TPSA) is 12.9 Å². The summed E-state index contributed by atoms with van der Waals surface area (Å²) in [4.78, 5) is 6.25. The molecular formula is C13H21NS. The van der Waals surface area contributed by atoms with Crippen LogP contribution in [0.4, 0.5) is 0 Å². The lowest BCUT2D eigenvalue weighted by atomic mass is 10.1. The highest BCUT2D eigenvalue weighted by molar-refractivity contribution is 7.11. The zero-order chi connectivity index (χ0) is 10.5. The van der Waals surface area contributed by atoms with Crippen LogP contribution in [0.25, 0.3) is 0 Å². The fourth-order valence-corrected chi connectivity index (χ4v) is 3.39. The van der Waals surface area contributed by atoms with E-state index in [9.17, 15) is 0 Å². The van der Waals surface area contributed by atoms with Crippen molar-refractivity contribution in [3.05, 3.63) is 15.6 Å². The van der Waals surface area contributed by atoms with Crippen molar-refractivity contribution in [1.82, 2.24) is 4.98 Å². The predicted octanol–water partition coefficient (Wildman–Crippen LogP) is 4.28. The van der Waals surface area contributed by atoms with Gasteiger partial charge in [-0.15, -0.1) is 11.3 Å². The Bertz CT molecular complexity index is 276. The van der Waals surface area contributed by atoms with E-state index in [4.69, 9.17) is 0 Å². The van der Waals surface area contributed by atoms with Crippen LogP contribution in [0.2, 0.25) is 0 Å². The summed E-state index contributed by atoms with van der Waals surface area (Å²) in [7, 11) is 0. The van der Waals surface area contributed by atoms with E-state index in [1.54, 1.807) is 4.88 Å². The van der Waals surface area contributed by atoms with Crippen LogP contribution >= 0.6 is 11.3 Å². The van der Waals surface area contributed by atoms with Crippen LogP contribution in [0.1, 0.15) is 60.5 Å². The largest absolute Gasteiger partial charge is 0.246 e. The molecule has 1 aliphatic carbocycles. The number of aromatic nitrogens is 1. The number of nitrogens with zero attached hydrogens (tertiary/aromatic N) is 1. The standard InChI is InChI=1S/C13H21NS/c1-11-14-12-9-7-5-3-2-4-6-8-10-13(12)15-11/h2-10H2,1H3. The molecule has 1 nitrogen and oxygen atoms in total. The summed E-state index contributed by atoms with van der Waals surface area (Å²) >= 11 is 1.92. The van der Waals surface area contributed by atoms with E-state index in [1.165, 1.54) is 68.5 Å². The summed E-state index contributed by atoms with van der Waals surface area (Å²) in [5, 5.41) is 1.26. The van der Waals surface area contributed by atoms with Crippen molar-refractivity contribution in [3.8, 4) is 0 Å². The van der Waals surface area contributed by atoms with Gasteiger partial charge in [0.2, 0.25) is 0 Å². The molecule has 0 aliphatic heterocycles. The molecule has 0 amide bonds. The Labute approximate surface area is 96.9 Å². The molecule has 1 aromatic heterocycles. The first-order chi connectivity index (χ1) is 7.36. The van der Waals surface area contributed by atoms with Gasteiger partial charge in [0.1, 0.15) is 0 Å². The smallest absolute Gasteiger partial charge is 0.0900 e. The molecule has 1 aromatic rings. The molecule has 0 fully saturated rings. The molecule has 15 heavy (non-hydrogen) atoms. The summed E-state index contributed by atoms with van der Waals surface area (Å²) in [5.41, 5.74) is 1.42. The molecule has 0 atom stereocenters. The molecule has 0 unspecified atom stereocenters. The van der Waals surface area contributed by atoms with Crippen LogP contribution in [0.15, 0.2) is 0 Å². The monoisotopic (exact) mass is 223 g/mol. The van der Waals surface area contributed by atoms with Gasteiger partial charge in [-0.3, -0.25) is 0 Å². The number of hydrogen-bond acceptors (Lipinski definition) is 2. The maximum Gasteiger partial charge on any atom is 0.0900 e. The second kappa shape index (κ2) is 5.64. The highest BCUT2D eigenvalue weighted by atomic mass is 32.1. The predicted molar refractivity (Wildman–Crippen MR) is 66.6 cm³/mol. The van der Waals surface area contributed by atoms with Crippen molar-refractivity contribution in [2.24, 2.45) is 0 Å². The van der Waals surface area contributed by atoms with Crippen LogP contribution < -0.4 is 0 Å². The van der Waals surface area contributed by atoms with Gasteiger partial charge in [0, 0.05) is 4.88 Å². The van der Waals surface area contributed by atoms with Crippen LogP contribution in [-0.2, 0) is 12.8 Å². The third kappa shape index (κ3) is 3.30. The summed E-state index contributed by atoms with van der Waals surface area (Å²) in [6.07, 6.45) is 12.3. The number of thiazole rings is 1. The average Bonchev–Trinajstić information content (AvgIpc) is 2.54. The molecule has 84 valence electrons. The molecule has 2 heteroatoms. The molecule has 0 aromatic carbocycles. The van der Waals surface area contributed by atoms with Crippen LogP contribution in [0.3, 0.4) is 0 Å². The van der Waals surface area contributed by atoms with Crippen molar-refractivity contribution in [2.45, 2.75) is 64.7 Å². The van der Waals surface area contributed by atoms with E-state index < -0.39 is 0 Å². The second-order valence-electron chi connectivity index (χ2n) is 4.58. The van der Waals surface area contributed by atoms with E-state index in [0.29, 0.717) is 0 Å². The Kier molecular flexibility index (Phi) is 4.18. The first-order valence-corrected chi connectivity index (χ1v) is 7.13. The van der Waals surface area contributed by atoms with Gasteiger partial charge in [0.25, 0.3) is 0 Å². The fourth-order valence-electron chi connectivity index (χ4n) is 2.36. The lowest BCUT2D eigenvalue weighted by Crippen LogP contribution is -1.91. The van der Waals surface area contributed by atoms with Gasteiger partial charge in [0.15, 0.2) is 0 Å². The molecule has 1 heterocycles. The number of aryl methyl sites for hydroxylation is 3. The van der Waals surface area contributed by atoms with Gasteiger partial charge in [-0.1, -0.05) is 32.1 Å². The normalized spacial score (nSPS) is 19.3. The quantitative estimate of drug-likeness (QED) is 0.639. The summed E-state index contributed by atoms with van der Waals surface area (Å²) in [6, 6.07) is 0. The number of fused-ring (bicyclic) bond motifs is 1. The average molecular weight is 223 g/mol. The molecule has 0 bridgehead atoms. The Hall–Kier alpha value is -0.370. The molecule has 0 N–H and O–H groups in total. The van der Waals surface area contributed by atoms with E-state index in [-0.39, 0.29) is 0 Å². The third-order valence-electron chi connectivity index (χ3n) is 3.20. The van der Waals surface area contributed by atoms with E-state index in [1.807, 2.05) is 11.3 Å². The molecule has 0 spiro atoms. The van der Waals surface area contributed by atoms with Gasteiger partial charge < -0.3 is 0 Å². The first-order valence-electron chi connectivity index (χ1n) is 6.31. The molecule has 1 aliphatic rings. The van der Waals surface area contributed by atoms with E-state index >= 15 is 0 Å². The van der Waals surface area contributed by atoms with Crippen molar-refractivity contribution in [1.29, 1.82) is 0 Å². The van der Waals surface area contributed by atoms with Crippen molar-refractivity contribution < 1.29 is 0 Å². The lowest BCUT2D eigenvalue weighted by Gasteiger charge is -1.99. The molecule has 0 saturated heterocycles. The fraction of sp³-hybridized carbons (Fsp3) is 0.769. The molecule has 0 radical (unpaired) electrons. The van der Waals surface area contributed by atoms with Gasteiger partial charge in [0.05, 0.1) is 10.7 Å². The SMILES string of the molecule is Cc1nc2c(s1)CCCCCCCCC2. The summed E-state index contributed by atoms with van der Waals surface area (Å²) < 4.78 is 0. The van der Waals surface area contributed by atoms with Crippen molar-refractivity contribution in [3.63, 3.8) is 0 Å². The zero-order valence-electron chi connectivity index (χ0n) is 9.72. The number of rotatable bonds is 0. The Morgan fingerprint density at radius 1 is 0.867 bits per heavy atom. The molecule has 0 saturated carbocycles. The molecule has 2 rings (SSSR count). The Balaban J connectivity index is 2.04. The lowest BCUT2D eigenvalue weighted by molar-refractivity contribution is 0.587. The minimum atomic E-state index is 1.22. The highest BCUT2D eigenvalue weighted by Crippen LogP contribution is 2.23. The van der Waals surface area contributed by atoms with Crippen molar-refractivity contribution in [2.75, 3.05) is 0 Å². The first kappa shape index (κ1) is 11.1. The van der Waals surface area contributed by atoms with Gasteiger partial charge in [-0.25, -0.2) is 4.98 Å². The van der Waals surface area contributed by atoms with Gasteiger partial charge >= 0.3 is 0 Å². The second-order valence-corrected chi connectivity index (χ2v) is 5.87. The summed E-state index contributed by atoms with van der Waals surface area (Å²) in [6.45, 7) is 2.14. The van der Waals surface area contributed by atoms with E-state index in [0.717, 1.165) is 0 Å². The summed E-state index contributed by atoms with van der Waals surface area (Å²) in [5.74, 6) is 0. The molecular weight excluding hydrogens is 202 g/mol. The van der Waals surface area contributed by atoms with E-state index in [2.05, 4.69) is 11.9 Å². The van der Waals surface area contributed by atoms with Crippen LogP contribution in [0, 0.1) is 6.92 Å². The maximum absolute atomic E-state index is 4.67. The van der Waals surface area contributed by atoms with Crippen LogP contribution in [-0.4, -0.2) is 4.98 Å². The minimum absolute atomic E-state index is 1.22. The Morgan fingerprint density at radius 2 is 1.47 bits per heavy atom. The minimum Gasteiger partial charge on any atom is -0.246 e. The highest BCUT2D eigenvalue weighted by Gasteiger charge is 2.09. The number of hydrogen-bond donors (Lipinski definition) is 0. The maximum atomic E-state index is 4.67.